The van der Waals surface area contributed by atoms with E-state index in [4.69, 9.17) is 18.9 Å². The monoisotopic (exact) mass is 420 g/mol. The second-order valence-electron chi connectivity index (χ2n) is 7.89. The Bertz CT molecular complexity index is 905. The van der Waals surface area contributed by atoms with Crippen molar-refractivity contribution < 1.29 is 43.5 Å². The molecule has 3 rings (SSSR count). The van der Waals surface area contributed by atoms with Crippen LogP contribution >= 0.6 is 0 Å². The third kappa shape index (κ3) is 4.17. The SMILES string of the molecule is C=C(CO)C(=O)O[C@H]1C[C@@](C)(O)C2=CC[C@@](C)(/C=C3/OC(=O)C(COC(C)=O)=C31)O2. The highest BCUT2D eigenvalue weighted by molar-refractivity contribution is 5.96. The van der Waals surface area contributed by atoms with Crippen molar-refractivity contribution in [3.05, 3.63) is 47.0 Å². The third-order valence-electron chi connectivity index (χ3n) is 5.10. The van der Waals surface area contributed by atoms with Crippen molar-refractivity contribution in [3.63, 3.8) is 0 Å². The number of esters is 3. The minimum Gasteiger partial charge on any atom is -0.485 e. The van der Waals surface area contributed by atoms with Gasteiger partial charge in [0.1, 0.15) is 35.4 Å². The van der Waals surface area contributed by atoms with Crippen molar-refractivity contribution in [2.24, 2.45) is 0 Å². The maximum absolute atomic E-state index is 12.5. The van der Waals surface area contributed by atoms with Gasteiger partial charge in [-0.3, -0.25) is 4.79 Å². The number of fused-ring (bicyclic) bond motifs is 3. The van der Waals surface area contributed by atoms with Crippen LogP contribution in [0.5, 0.6) is 0 Å². The van der Waals surface area contributed by atoms with Crippen LogP contribution in [0.25, 0.3) is 0 Å². The van der Waals surface area contributed by atoms with Gasteiger partial charge in [0.2, 0.25) is 0 Å². The molecule has 30 heavy (non-hydrogen) atoms. The Hall–Kier alpha value is -2.91. The van der Waals surface area contributed by atoms with Crippen molar-refractivity contribution in [2.75, 3.05) is 13.2 Å². The molecule has 0 fully saturated rings. The molecule has 0 aromatic rings. The fraction of sp³-hybridized carbons (Fsp3) is 0.476. The van der Waals surface area contributed by atoms with E-state index in [-0.39, 0.29) is 28.9 Å². The lowest BCUT2D eigenvalue weighted by molar-refractivity contribution is -0.146. The molecule has 3 aliphatic heterocycles. The summed E-state index contributed by atoms with van der Waals surface area (Å²) in [5, 5.41) is 20.3. The number of aliphatic hydroxyl groups excluding tert-OH is 1. The smallest absolute Gasteiger partial charge is 0.343 e. The molecule has 0 aromatic carbocycles. The Balaban J connectivity index is 2.13. The molecule has 9 heteroatoms. The lowest BCUT2D eigenvalue weighted by atomic mass is 9.88. The standard InChI is InChI=1S/C21H24O9/c1-11(9-22)18(24)28-15-8-21(4,26)16-5-6-20(3,30-16)7-14-17(15)13(19(25)29-14)10-27-12(2)23/h5,7,15,22,26H,1,6,8-10H2,2-4H3/b14-7+/t15-,20-,21+/m0/s1. The zero-order chi connectivity index (χ0) is 22.3. The summed E-state index contributed by atoms with van der Waals surface area (Å²) < 4.78 is 21.8. The van der Waals surface area contributed by atoms with Crippen LogP contribution in [-0.2, 0) is 33.3 Å². The van der Waals surface area contributed by atoms with E-state index in [1.54, 1.807) is 19.1 Å². The maximum Gasteiger partial charge on any atom is 0.343 e. The molecule has 2 bridgehead atoms. The summed E-state index contributed by atoms with van der Waals surface area (Å²) >= 11 is 0. The van der Waals surface area contributed by atoms with Gasteiger partial charge in [-0.25, -0.2) is 9.59 Å². The van der Waals surface area contributed by atoms with Gasteiger partial charge in [-0.1, -0.05) is 6.58 Å². The highest BCUT2D eigenvalue weighted by atomic mass is 16.6. The fourth-order valence-electron chi connectivity index (χ4n) is 3.51. The first-order valence-corrected chi connectivity index (χ1v) is 9.39. The first kappa shape index (κ1) is 21.8. The molecule has 162 valence electrons. The minimum atomic E-state index is -1.54. The van der Waals surface area contributed by atoms with E-state index in [9.17, 15) is 24.6 Å². The number of hydrogen-bond donors (Lipinski definition) is 2. The second kappa shape index (κ2) is 7.73. The van der Waals surface area contributed by atoms with E-state index >= 15 is 0 Å². The normalized spacial score (nSPS) is 31.8. The largest absolute Gasteiger partial charge is 0.485 e. The summed E-state index contributed by atoms with van der Waals surface area (Å²) in [6.07, 6.45) is 2.40. The van der Waals surface area contributed by atoms with E-state index in [1.807, 2.05) is 0 Å². The van der Waals surface area contributed by atoms with Gasteiger partial charge in [-0.05, 0) is 19.9 Å². The van der Waals surface area contributed by atoms with Crippen molar-refractivity contribution in [1.29, 1.82) is 0 Å². The molecule has 2 N–H and O–H groups in total. The van der Waals surface area contributed by atoms with Gasteiger partial charge < -0.3 is 29.2 Å². The van der Waals surface area contributed by atoms with Gasteiger partial charge in [0.25, 0.3) is 0 Å². The lowest BCUT2D eigenvalue weighted by Gasteiger charge is -2.30. The van der Waals surface area contributed by atoms with Gasteiger partial charge in [-0.2, -0.15) is 0 Å². The summed E-state index contributed by atoms with van der Waals surface area (Å²) in [5.41, 5.74) is -2.47. The minimum absolute atomic E-state index is 0.00462. The predicted molar refractivity (Wildman–Crippen MR) is 101 cm³/mol. The molecule has 0 amide bonds. The molecule has 0 aliphatic carbocycles. The fourth-order valence-corrected chi connectivity index (χ4v) is 3.51. The number of carbonyl (C=O) groups excluding carboxylic acids is 3. The Morgan fingerprint density at radius 2 is 2.07 bits per heavy atom. The van der Waals surface area contributed by atoms with Crippen molar-refractivity contribution in [2.45, 2.75) is 50.9 Å². The van der Waals surface area contributed by atoms with Gasteiger partial charge in [0.05, 0.1) is 17.8 Å². The molecule has 0 unspecified atom stereocenters. The quantitative estimate of drug-likeness (QED) is 0.380. The summed E-state index contributed by atoms with van der Waals surface area (Å²) in [5.74, 6) is -1.86. The maximum atomic E-state index is 12.5. The van der Waals surface area contributed by atoms with Gasteiger partial charge in [0.15, 0.2) is 0 Å². The van der Waals surface area contributed by atoms with E-state index in [2.05, 4.69) is 6.58 Å². The number of carbonyl (C=O) groups is 3. The lowest BCUT2D eigenvalue weighted by Crippen LogP contribution is -2.36. The van der Waals surface area contributed by atoms with Crippen molar-refractivity contribution in [3.8, 4) is 0 Å². The average molecular weight is 420 g/mol. The van der Waals surface area contributed by atoms with Crippen molar-refractivity contribution in [1.82, 2.24) is 0 Å². The van der Waals surface area contributed by atoms with Crippen molar-refractivity contribution >= 4 is 17.9 Å². The van der Waals surface area contributed by atoms with Crippen LogP contribution in [0.15, 0.2) is 47.0 Å². The average Bonchev–Trinajstić information content (AvgIpc) is 3.18. The van der Waals surface area contributed by atoms with E-state index < -0.39 is 48.4 Å². The Morgan fingerprint density at radius 3 is 2.70 bits per heavy atom. The number of hydrogen-bond acceptors (Lipinski definition) is 9. The van der Waals surface area contributed by atoms with Crippen LogP contribution in [0.2, 0.25) is 0 Å². The Labute approximate surface area is 173 Å². The number of rotatable bonds is 5. The van der Waals surface area contributed by atoms with Crippen LogP contribution in [0.1, 0.15) is 33.6 Å². The summed E-state index contributed by atoms with van der Waals surface area (Å²) in [4.78, 5) is 36.2. The molecule has 3 heterocycles. The number of ether oxygens (including phenoxy) is 4. The van der Waals surface area contributed by atoms with E-state index in [1.165, 1.54) is 13.8 Å². The Morgan fingerprint density at radius 1 is 1.37 bits per heavy atom. The molecule has 0 saturated heterocycles. The summed E-state index contributed by atoms with van der Waals surface area (Å²) in [7, 11) is 0. The topological polar surface area (TPSA) is 129 Å². The van der Waals surface area contributed by atoms with Crippen LogP contribution in [-0.4, -0.2) is 58.6 Å². The van der Waals surface area contributed by atoms with Crippen LogP contribution in [0.4, 0.5) is 0 Å². The summed E-state index contributed by atoms with van der Waals surface area (Å²) in [6, 6.07) is 0. The number of aliphatic hydroxyl groups is 2. The molecule has 3 atom stereocenters. The first-order chi connectivity index (χ1) is 14.0. The third-order valence-corrected chi connectivity index (χ3v) is 5.10. The first-order valence-electron chi connectivity index (χ1n) is 9.39. The molecule has 0 aromatic heterocycles. The highest BCUT2D eigenvalue weighted by Crippen LogP contribution is 2.44. The highest BCUT2D eigenvalue weighted by Gasteiger charge is 2.47. The van der Waals surface area contributed by atoms with Crippen LogP contribution < -0.4 is 0 Å². The van der Waals surface area contributed by atoms with E-state index in [0.717, 1.165) is 0 Å². The van der Waals surface area contributed by atoms with Gasteiger partial charge >= 0.3 is 17.9 Å². The molecule has 3 aliphatic rings. The summed E-state index contributed by atoms with van der Waals surface area (Å²) in [6.45, 7) is 6.89. The molecular weight excluding hydrogens is 396 g/mol. The zero-order valence-corrected chi connectivity index (χ0v) is 17.0. The molecule has 0 radical (unpaired) electrons. The second-order valence-corrected chi connectivity index (χ2v) is 7.89. The van der Waals surface area contributed by atoms with Crippen LogP contribution in [0, 0.1) is 0 Å². The Kier molecular flexibility index (Phi) is 5.62. The van der Waals surface area contributed by atoms with E-state index in [0.29, 0.717) is 12.2 Å². The van der Waals surface area contributed by atoms with Gasteiger partial charge in [-0.15, -0.1) is 0 Å². The zero-order valence-electron chi connectivity index (χ0n) is 17.0. The molecule has 0 saturated carbocycles. The van der Waals surface area contributed by atoms with Gasteiger partial charge in [0, 0.05) is 31.4 Å². The predicted octanol–water partition coefficient (Wildman–Crippen LogP) is 0.965. The molecule has 9 nitrogen and oxygen atoms in total. The molecule has 0 spiro atoms. The van der Waals surface area contributed by atoms with Crippen LogP contribution in [0.3, 0.4) is 0 Å². The molecular formula is C21H24O9.